The number of nitrogens with one attached hydrogen (secondary N) is 1. The number of anilines is 1. The molecular formula is C23H19N3O2S2. The lowest BCUT2D eigenvalue weighted by molar-refractivity contribution is 0.601. The highest BCUT2D eigenvalue weighted by Gasteiger charge is 2.17. The number of imidazole rings is 1. The second kappa shape index (κ2) is 7.66. The van der Waals surface area contributed by atoms with Crippen LogP contribution in [0.3, 0.4) is 0 Å². The van der Waals surface area contributed by atoms with Crippen molar-refractivity contribution in [2.45, 2.75) is 16.6 Å². The third-order valence-corrected chi connectivity index (χ3v) is 7.38. The minimum absolute atomic E-state index is 0.230. The maximum Gasteiger partial charge on any atom is 0.261 e. The normalized spacial score (nSPS) is 13.2. The maximum absolute atomic E-state index is 12.8. The predicted molar refractivity (Wildman–Crippen MR) is 121 cm³/mol. The highest BCUT2D eigenvalue weighted by atomic mass is 32.2. The second-order valence-electron chi connectivity index (χ2n) is 7.02. The topological polar surface area (TPSA) is 64.0 Å². The largest absolute Gasteiger partial charge is 0.325 e. The van der Waals surface area contributed by atoms with Crippen LogP contribution in [0.15, 0.2) is 95.1 Å². The SMILES string of the molecule is O=S(=O)(Nc1ccc(-c2cn3c(n2)SCC3)cc1)c1ccc(-c2ccccc2)cc1. The van der Waals surface area contributed by atoms with Crippen LogP contribution >= 0.6 is 11.8 Å². The summed E-state index contributed by atoms with van der Waals surface area (Å²) in [7, 11) is -3.66. The zero-order chi connectivity index (χ0) is 20.6. The van der Waals surface area contributed by atoms with Crippen LogP contribution in [0.25, 0.3) is 22.4 Å². The molecule has 30 heavy (non-hydrogen) atoms. The van der Waals surface area contributed by atoms with Crippen LogP contribution in [-0.4, -0.2) is 23.7 Å². The summed E-state index contributed by atoms with van der Waals surface area (Å²) in [4.78, 5) is 4.86. The lowest BCUT2D eigenvalue weighted by atomic mass is 10.1. The number of thioether (sulfide) groups is 1. The molecule has 0 unspecified atom stereocenters. The van der Waals surface area contributed by atoms with Gasteiger partial charge in [-0.05, 0) is 35.4 Å². The summed E-state index contributed by atoms with van der Waals surface area (Å²) in [5.74, 6) is 1.07. The summed E-state index contributed by atoms with van der Waals surface area (Å²) in [5, 5.41) is 1.04. The Morgan fingerprint density at radius 1 is 0.833 bits per heavy atom. The Balaban J connectivity index is 1.33. The Labute approximate surface area is 179 Å². The van der Waals surface area contributed by atoms with E-state index in [1.807, 2.05) is 60.8 Å². The molecule has 5 nitrogen and oxygen atoms in total. The monoisotopic (exact) mass is 433 g/mol. The van der Waals surface area contributed by atoms with Gasteiger partial charge in [0.1, 0.15) is 0 Å². The van der Waals surface area contributed by atoms with Crippen molar-refractivity contribution in [2.24, 2.45) is 0 Å². The van der Waals surface area contributed by atoms with Gasteiger partial charge in [0.05, 0.1) is 10.6 Å². The summed E-state index contributed by atoms with van der Waals surface area (Å²) in [6.45, 7) is 0.980. The summed E-state index contributed by atoms with van der Waals surface area (Å²) >= 11 is 1.75. The van der Waals surface area contributed by atoms with Gasteiger partial charge in [0.15, 0.2) is 5.16 Å². The van der Waals surface area contributed by atoms with Crippen LogP contribution in [0.4, 0.5) is 5.69 Å². The average Bonchev–Trinajstić information content (AvgIpc) is 3.37. The lowest BCUT2D eigenvalue weighted by Gasteiger charge is -2.09. The first kappa shape index (κ1) is 19.0. The fourth-order valence-electron chi connectivity index (χ4n) is 3.43. The van der Waals surface area contributed by atoms with Crippen LogP contribution in [-0.2, 0) is 16.6 Å². The lowest BCUT2D eigenvalue weighted by Crippen LogP contribution is -2.12. The van der Waals surface area contributed by atoms with E-state index >= 15 is 0 Å². The van der Waals surface area contributed by atoms with E-state index in [9.17, 15) is 8.42 Å². The smallest absolute Gasteiger partial charge is 0.261 e. The first-order chi connectivity index (χ1) is 14.6. The van der Waals surface area contributed by atoms with E-state index in [0.717, 1.165) is 39.8 Å². The molecule has 1 N–H and O–H groups in total. The summed E-state index contributed by atoms with van der Waals surface area (Å²) in [6, 6.07) is 24.1. The molecule has 5 rings (SSSR count). The van der Waals surface area contributed by atoms with E-state index in [1.54, 1.807) is 36.0 Å². The molecule has 0 spiro atoms. The first-order valence-corrected chi connectivity index (χ1v) is 12.0. The number of fused-ring (bicyclic) bond motifs is 1. The number of hydrogen-bond acceptors (Lipinski definition) is 4. The molecular weight excluding hydrogens is 414 g/mol. The number of hydrogen-bond donors (Lipinski definition) is 1. The van der Waals surface area contributed by atoms with Gasteiger partial charge in [0, 0.05) is 29.7 Å². The molecule has 0 saturated heterocycles. The van der Waals surface area contributed by atoms with E-state index in [0.29, 0.717) is 5.69 Å². The zero-order valence-corrected chi connectivity index (χ0v) is 17.7. The molecule has 1 aliphatic rings. The highest BCUT2D eigenvalue weighted by molar-refractivity contribution is 7.99. The van der Waals surface area contributed by atoms with E-state index in [2.05, 4.69) is 14.3 Å². The van der Waals surface area contributed by atoms with Crippen LogP contribution in [0.2, 0.25) is 0 Å². The van der Waals surface area contributed by atoms with Gasteiger partial charge in [-0.2, -0.15) is 0 Å². The third-order valence-electron chi connectivity index (χ3n) is 5.01. The van der Waals surface area contributed by atoms with Gasteiger partial charge in [0.2, 0.25) is 0 Å². The van der Waals surface area contributed by atoms with Crippen molar-refractivity contribution < 1.29 is 8.42 Å². The molecule has 0 atom stereocenters. The van der Waals surface area contributed by atoms with Gasteiger partial charge < -0.3 is 4.57 Å². The Morgan fingerprint density at radius 2 is 1.50 bits per heavy atom. The molecule has 0 saturated carbocycles. The maximum atomic E-state index is 12.8. The van der Waals surface area contributed by atoms with Gasteiger partial charge in [-0.1, -0.05) is 66.4 Å². The van der Waals surface area contributed by atoms with Crippen molar-refractivity contribution in [1.29, 1.82) is 0 Å². The fourth-order valence-corrected chi connectivity index (χ4v) is 5.43. The highest BCUT2D eigenvalue weighted by Crippen LogP contribution is 2.30. The third kappa shape index (κ3) is 3.74. The van der Waals surface area contributed by atoms with E-state index in [1.165, 1.54) is 0 Å². The van der Waals surface area contributed by atoms with Crippen molar-refractivity contribution in [1.82, 2.24) is 9.55 Å². The first-order valence-electron chi connectivity index (χ1n) is 9.57. The van der Waals surface area contributed by atoms with E-state index in [4.69, 9.17) is 0 Å². The minimum Gasteiger partial charge on any atom is -0.325 e. The quantitative estimate of drug-likeness (QED) is 0.474. The van der Waals surface area contributed by atoms with Crippen molar-refractivity contribution in [3.05, 3.63) is 85.1 Å². The van der Waals surface area contributed by atoms with Crippen molar-refractivity contribution in [3.63, 3.8) is 0 Å². The van der Waals surface area contributed by atoms with Gasteiger partial charge in [-0.3, -0.25) is 4.72 Å². The van der Waals surface area contributed by atoms with Gasteiger partial charge in [-0.15, -0.1) is 0 Å². The molecule has 1 aromatic heterocycles. The molecule has 1 aliphatic heterocycles. The molecule has 0 aliphatic carbocycles. The molecule has 0 radical (unpaired) electrons. The van der Waals surface area contributed by atoms with Gasteiger partial charge in [0.25, 0.3) is 10.0 Å². The van der Waals surface area contributed by atoms with Crippen molar-refractivity contribution >= 4 is 27.5 Å². The van der Waals surface area contributed by atoms with Crippen molar-refractivity contribution in [3.8, 4) is 22.4 Å². The van der Waals surface area contributed by atoms with Crippen LogP contribution in [0, 0.1) is 0 Å². The van der Waals surface area contributed by atoms with Gasteiger partial charge in [-0.25, -0.2) is 13.4 Å². The summed E-state index contributed by atoms with van der Waals surface area (Å²) in [6.07, 6.45) is 2.04. The Bertz CT molecular complexity index is 1260. The number of sulfonamides is 1. The molecule has 0 amide bonds. The predicted octanol–water partition coefficient (Wildman–Crippen LogP) is 5.12. The van der Waals surface area contributed by atoms with Crippen molar-refractivity contribution in [2.75, 3.05) is 10.5 Å². The number of aryl methyl sites for hydroxylation is 1. The van der Waals surface area contributed by atoms with E-state index in [-0.39, 0.29) is 4.90 Å². The zero-order valence-electron chi connectivity index (χ0n) is 16.0. The minimum atomic E-state index is -3.66. The number of rotatable bonds is 5. The number of benzene rings is 3. The van der Waals surface area contributed by atoms with Crippen LogP contribution in [0.1, 0.15) is 0 Å². The Morgan fingerprint density at radius 3 is 2.20 bits per heavy atom. The molecule has 4 aromatic rings. The molecule has 2 heterocycles. The Kier molecular flexibility index (Phi) is 4.84. The summed E-state index contributed by atoms with van der Waals surface area (Å²) < 4.78 is 30.3. The Hall–Kier alpha value is -3.03. The van der Waals surface area contributed by atoms with Gasteiger partial charge >= 0.3 is 0 Å². The van der Waals surface area contributed by atoms with E-state index < -0.39 is 10.0 Å². The summed E-state index contributed by atoms with van der Waals surface area (Å²) in [5.41, 5.74) is 4.42. The van der Waals surface area contributed by atoms with Crippen LogP contribution < -0.4 is 4.72 Å². The molecule has 0 fully saturated rings. The average molecular weight is 434 g/mol. The fraction of sp³-hybridized carbons (Fsp3) is 0.0870. The number of aromatic nitrogens is 2. The second-order valence-corrected chi connectivity index (χ2v) is 9.77. The standard InChI is InChI=1S/C23H19N3O2S2/c27-30(28,21-12-8-18(9-13-21)17-4-2-1-3-5-17)25-20-10-6-19(7-11-20)22-16-26-14-15-29-23(26)24-22/h1-13,16,25H,14-15H2. The van der Waals surface area contributed by atoms with Crippen LogP contribution in [0.5, 0.6) is 0 Å². The molecule has 3 aromatic carbocycles. The molecule has 0 bridgehead atoms. The molecule has 150 valence electrons. The number of nitrogens with zero attached hydrogens (tertiary/aromatic N) is 2. The molecule has 7 heteroatoms.